The largest absolute Gasteiger partial charge is 0.339 e. The molecule has 2 aromatic rings. The Morgan fingerprint density at radius 3 is 2.21 bits per heavy atom. The predicted molar refractivity (Wildman–Crippen MR) is 98.7 cm³/mol. The lowest BCUT2D eigenvalue weighted by molar-refractivity contribution is -0.183. The lowest BCUT2D eigenvalue weighted by atomic mass is 9.70. The molecule has 0 saturated heterocycles. The number of hydrogen-bond acceptors (Lipinski definition) is 4. The summed E-state index contributed by atoms with van der Waals surface area (Å²) < 4.78 is 13.6. The second kappa shape index (κ2) is 7.19. The van der Waals surface area contributed by atoms with Crippen LogP contribution >= 0.6 is 0 Å². The van der Waals surface area contributed by atoms with Gasteiger partial charge in [0.15, 0.2) is 0 Å². The smallest absolute Gasteiger partial charge is 0.329 e. The molecule has 4 rings (SSSR count). The molecule has 2 aromatic carbocycles. The van der Waals surface area contributed by atoms with E-state index in [1.54, 1.807) is 24.3 Å². The van der Waals surface area contributed by atoms with Gasteiger partial charge in [0.2, 0.25) is 0 Å². The molecule has 28 heavy (non-hydrogen) atoms. The van der Waals surface area contributed by atoms with E-state index in [0.29, 0.717) is 29.9 Å². The average Bonchev–Trinajstić information content (AvgIpc) is 2.94. The maximum absolute atomic E-state index is 13.6. The highest BCUT2D eigenvalue weighted by molar-refractivity contribution is 6.20. The van der Waals surface area contributed by atoms with Crippen LogP contribution in [0.15, 0.2) is 48.5 Å². The minimum Gasteiger partial charge on any atom is -0.329 e. The molecule has 0 spiro atoms. The number of rotatable bonds is 4. The second-order valence-corrected chi connectivity index (χ2v) is 7.48. The molecule has 2 amide bonds. The first-order valence-corrected chi connectivity index (χ1v) is 9.45. The fourth-order valence-electron chi connectivity index (χ4n) is 4.15. The van der Waals surface area contributed by atoms with Crippen LogP contribution in [0.5, 0.6) is 0 Å². The van der Waals surface area contributed by atoms with Gasteiger partial charge in [0, 0.05) is 0 Å². The lowest BCUT2D eigenvalue weighted by Crippen LogP contribution is -2.43. The highest BCUT2D eigenvalue weighted by Crippen LogP contribution is 2.41. The topological polar surface area (TPSA) is 63.7 Å². The van der Waals surface area contributed by atoms with Crippen LogP contribution in [0.1, 0.15) is 58.4 Å². The van der Waals surface area contributed by atoms with Crippen molar-refractivity contribution in [2.75, 3.05) is 0 Å². The third kappa shape index (κ3) is 3.19. The van der Waals surface area contributed by atoms with Crippen molar-refractivity contribution in [2.24, 2.45) is 5.41 Å². The molecule has 0 atom stereocenters. The summed E-state index contributed by atoms with van der Waals surface area (Å²) in [5.74, 6) is -2.24. The van der Waals surface area contributed by atoms with Crippen LogP contribution in [0.4, 0.5) is 4.39 Å². The van der Waals surface area contributed by atoms with Gasteiger partial charge in [0.05, 0.1) is 16.5 Å². The molecule has 144 valence electrons. The number of carbonyl (C=O) groups excluding carboxylic acids is 3. The summed E-state index contributed by atoms with van der Waals surface area (Å²) in [6.45, 7) is 0. The summed E-state index contributed by atoms with van der Waals surface area (Å²) in [7, 11) is 0. The Hall–Kier alpha value is -3.02. The molecular weight excluding hydrogens is 361 g/mol. The molecule has 1 aliphatic heterocycles. The van der Waals surface area contributed by atoms with Crippen LogP contribution in [0, 0.1) is 11.2 Å². The normalized spacial score (nSPS) is 18.1. The third-order valence-corrected chi connectivity index (χ3v) is 5.61. The molecule has 6 heteroatoms. The molecular formula is C22H20FNO4. The Balaban J connectivity index is 1.59. The van der Waals surface area contributed by atoms with E-state index in [2.05, 4.69) is 0 Å². The Morgan fingerprint density at radius 2 is 1.61 bits per heavy atom. The maximum atomic E-state index is 13.6. The Labute approximate surface area is 162 Å². The van der Waals surface area contributed by atoms with Crippen molar-refractivity contribution in [3.05, 3.63) is 71.0 Å². The Morgan fingerprint density at radius 1 is 0.964 bits per heavy atom. The number of halogens is 1. The number of amides is 2. The molecule has 0 aromatic heterocycles. The van der Waals surface area contributed by atoms with E-state index in [1.807, 2.05) is 0 Å². The Kier molecular flexibility index (Phi) is 4.71. The second-order valence-electron chi connectivity index (χ2n) is 7.48. The first-order chi connectivity index (χ1) is 13.5. The first-order valence-electron chi connectivity index (χ1n) is 9.45. The fourth-order valence-corrected chi connectivity index (χ4v) is 4.15. The van der Waals surface area contributed by atoms with Crippen molar-refractivity contribution in [1.29, 1.82) is 0 Å². The van der Waals surface area contributed by atoms with E-state index in [1.165, 1.54) is 24.3 Å². The molecule has 1 saturated carbocycles. The zero-order valence-corrected chi connectivity index (χ0v) is 15.3. The fraction of sp³-hybridized carbons (Fsp3) is 0.318. The minimum atomic E-state index is -0.874. The first kappa shape index (κ1) is 18.3. The van der Waals surface area contributed by atoms with Crippen LogP contribution < -0.4 is 0 Å². The van der Waals surface area contributed by atoms with E-state index in [4.69, 9.17) is 4.84 Å². The van der Waals surface area contributed by atoms with Crippen LogP contribution in [0.3, 0.4) is 0 Å². The van der Waals surface area contributed by atoms with Gasteiger partial charge in [0.25, 0.3) is 11.8 Å². The molecule has 0 unspecified atom stereocenters. The number of benzene rings is 2. The van der Waals surface area contributed by atoms with Crippen molar-refractivity contribution in [3.8, 4) is 0 Å². The van der Waals surface area contributed by atoms with E-state index < -0.39 is 23.2 Å². The van der Waals surface area contributed by atoms with Crippen molar-refractivity contribution < 1.29 is 23.6 Å². The van der Waals surface area contributed by atoms with Gasteiger partial charge in [-0.2, -0.15) is 0 Å². The predicted octanol–water partition coefficient (Wildman–Crippen LogP) is 4.07. The van der Waals surface area contributed by atoms with Crippen molar-refractivity contribution in [1.82, 2.24) is 5.06 Å². The monoisotopic (exact) mass is 381 g/mol. The van der Waals surface area contributed by atoms with E-state index in [0.717, 1.165) is 19.3 Å². The molecule has 1 fully saturated rings. The lowest BCUT2D eigenvalue weighted by Gasteiger charge is -2.35. The van der Waals surface area contributed by atoms with Gasteiger partial charge in [0.1, 0.15) is 5.82 Å². The summed E-state index contributed by atoms with van der Waals surface area (Å²) in [5, 5.41) is 0.564. The molecule has 0 radical (unpaired) electrons. The number of carbonyl (C=O) groups is 3. The average molecular weight is 381 g/mol. The summed E-state index contributed by atoms with van der Waals surface area (Å²) in [5.41, 5.74) is 0.272. The summed E-state index contributed by atoms with van der Waals surface area (Å²) in [6, 6.07) is 12.5. The SMILES string of the molecule is O=C1c2ccccc2C(=O)N1OC(=O)C1(Cc2cccc(F)c2)CCCCC1. The van der Waals surface area contributed by atoms with Gasteiger partial charge in [-0.05, 0) is 49.1 Å². The number of fused-ring (bicyclic) bond motifs is 1. The van der Waals surface area contributed by atoms with Gasteiger partial charge >= 0.3 is 5.97 Å². The molecule has 1 aliphatic carbocycles. The summed E-state index contributed by atoms with van der Waals surface area (Å²) >= 11 is 0. The van der Waals surface area contributed by atoms with Gasteiger partial charge in [-0.15, -0.1) is 0 Å². The van der Waals surface area contributed by atoms with Crippen molar-refractivity contribution >= 4 is 17.8 Å². The van der Waals surface area contributed by atoms with Gasteiger partial charge in [-0.25, -0.2) is 9.18 Å². The third-order valence-electron chi connectivity index (χ3n) is 5.61. The van der Waals surface area contributed by atoms with Crippen LogP contribution in [-0.2, 0) is 16.1 Å². The van der Waals surface area contributed by atoms with Crippen molar-refractivity contribution in [2.45, 2.75) is 38.5 Å². The molecule has 5 nitrogen and oxygen atoms in total. The molecule has 0 bridgehead atoms. The number of hydrogen-bond donors (Lipinski definition) is 0. The zero-order chi connectivity index (χ0) is 19.7. The van der Waals surface area contributed by atoms with E-state index in [9.17, 15) is 18.8 Å². The highest BCUT2D eigenvalue weighted by Gasteiger charge is 2.46. The minimum absolute atomic E-state index is 0.225. The van der Waals surface area contributed by atoms with Gasteiger partial charge in [-0.1, -0.05) is 48.6 Å². The molecule has 1 heterocycles. The van der Waals surface area contributed by atoms with Crippen LogP contribution in [-0.4, -0.2) is 22.8 Å². The van der Waals surface area contributed by atoms with Crippen LogP contribution in [0.2, 0.25) is 0 Å². The molecule has 0 N–H and O–H groups in total. The highest BCUT2D eigenvalue weighted by atomic mass is 19.1. The van der Waals surface area contributed by atoms with Crippen LogP contribution in [0.25, 0.3) is 0 Å². The van der Waals surface area contributed by atoms with E-state index >= 15 is 0 Å². The molecule has 2 aliphatic rings. The number of imide groups is 1. The summed E-state index contributed by atoms with van der Waals surface area (Å²) in [6.07, 6.45) is 4.15. The standard InChI is InChI=1S/C22H20FNO4/c23-16-8-6-7-15(13-16)14-22(11-4-1-5-12-22)21(27)28-24-19(25)17-9-2-3-10-18(17)20(24)26/h2-3,6-10,13H,1,4-5,11-12,14H2. The Bertz CT molecular complexity index is 914. The summed E-state index contributed by atoms with van der Waals surface area (Å²) in [4.78, 5) is 43.5. The van der Waals surface area contributed by atoms with Gasteiger partial charge < -0.3 is 4.84 Å². The number of hydroxylamine groups is 2. The van der Waals surface area contributed by atoms with Gasteiger partial charge in [-0.3, -0.25) is 9.59 Å². The quantitative estimate of drug-likeness (QED) is 0.749. The van der Waals surface area contributed by atoms with Crippen molar-refractivity contribution in [3.63, 3.8) is 0 Å². The van der Waals surface area contributed by atoms with E-state index in [-0.39, 0.29) is 16.9 Å². The number of nitrogens with zero attached hydrogens (tertiary/aromatic N) is 1. The maximum Gasteiger partial charge on any atom is 0.339 e. The zero-order valence-electron chi connectivity index (χ0n) is 15.3.